The topological polar surface area (TPSA) is 71.0 Å². The van der Waals surface area contributed by atoms with Gasteiger partial charge in [0.2, 0.25) is 0 Å². The molecule has 5 rings (SSSR count). The Labute approximate surface area is 185 Å². The summed E-state index contributed by atoms with van der Waals surface area (Å²) in [4.78, 5) is 11.6. The Bertz CT molecular complexity index is 1300. The molecule has 0 radical (unpaired) electrons. The maximum Gasteiger partial charge on any atom is 0.433 e. The van der Waals surface area contributed by atoms with Crippen molar-refractivity contribution in [3.8, 4) is 11.1 Å². The number of hydrogen-bond acceptors (Lipinski definition) is 4. The Kier molecular flexibility index (Phi) is 4.96. The van der Waals surface area contributed by atoms with Crippen molar-refractivity contribution in [2.75, 3.05) is 13.2 Å². The summed E-state index contributed by atoms with van der Waals surface area (Å²) in [5.74, 6) is 0.765. The molecule has 0 aliphatic carbocycles. The number of nitrogens with one attached hydrogen (secondary N) is 1. The summed E-state index contributed by atoms with van der Waals surface area (Å²) in [5, 5.41) is 10.2. The third kappa shape index (κ3) is 3.44. The van der Waals surface area contributed by atoms with E-state index >= 15 is 0 Å². The van der Waals surface area contributed by atoms with E-state index in [-0.39, 0.29) is 5.56 Å². The number of alkyl halides is 3. The number of aromatic nitrogens is 3. The molecule has 4 aromatic rings. The molecule has 0 spiro atoms. The molecule has 3 heterocycles. The number of aliphatic hydroxyl groups excluding tert-OH is 1. The van der Waals surface area contributed by atoms with Gasteiger partial charge in [0.25, 0.3) is 0 Å². The number of aromatic amines is 1. The molecule has 0 saturated carbocycles. The quantitative estimate of drug-likeness (QED) is 0.445. The van der Waals surface area contributed by atoms with Crippen molar-refractivity contribution in [3.63, 3.8) is 0 Å². The van der Waals surface area contributed by atoms with Gasteiger partial charge in [-0.2, -0.15) is 13.2 Å². The average molecular weight is 460 g/mol. The molecule has 32 heavy (non-hydrogen) atoms. The summed E-state index contributed by atoms with van der Waals surface area (Å²) in [6, 6.07) is 13.7. The minimum atomic E-state index is -4.57. The minimum Gasteiger partial charge on any atom is -0.392 e. The predicted octanol–water partition coefficient (Wildman–Crippen LogP) is 5.11. The van der Waals surface area contributed by atoms with E-state index in [9.17, 15) is 18.3 Å². The van der Waals surface area contributed by atoms with Crippen LogP contribution in [0.2, 0.25) is 5.02 Å². The van der Waals surface area contributed by atoms with Gasteiger partial charge >= 0.3 is 6.18 Å². The summed E-state index contributed by atoms with van der Waals surface area (Å²) in [6.45, 7) is 0.370. The first-order valence-corrected chi connectivity index (χ1v) is 10.2. The number of fused-ring (bicyclic) bond motifs is 1. The number of benzene rings is 2. The second kappa shape index (κ2) is 7.58. The molecule has 2 aromatic carbocycles. The summed E-state index contributed by atoms with van der Waals surface area (Å²) in [5.41, 5.74) is 2.38. The maximum absolute atomic E-state index is 13.0. The molecule has 2 N–H and O–H groups in total. The zero-order valence-corrected chi connectivity index (χ0v) is 17.3. The monoisotopic (exact) mass is 459 g/mol. The van der Waals surface area contributed by atoms with Gasteiger partial charge in [0.05, 0.1) is 36.3 Å². The Morgan fingerprint density at radius 1 is 1.09 bits per heavy atom. The second-order valence-corrected chi connectivity index (χ2v) is 8.22. The summed E-state index contributed by atoms with van der Waals surface area (Å²) in [6.07, 6.45) is -3.42. The number of ether oxygens (including phenoxy) is 1. The highest BCUT2D eigenvalue weighted by atomic mass is 35.5. The van der Waals surface area contributed by atoms with Crippen LogP contribution in [0.3, 0.4) is 0 Å². The number of nitrogens with zero attached hydrogens (tertiary/aromatic N) is 2. The minimum absolute atomic E-state index is 0.163. The Morgan fingerprint density at radius 3 is 2.47 bits per heavy atom. The number of imidazole rings is 1. The summed E-state index contributed by atoms with van der Waals surface area (Å²) < 4.78 is 44.4. The molecule has 164 valence electrons. The fourth-order valence-electron chi connectivity index (χ4n) is 3.97. The zero-order chi connectivity index (χ0) is 22.5. The van der Waals surface area contributed by atoms with Crippen molar-refractivity contribution in [1.82, 2.24) is 15.0 Å². The molecule has 5 nitrogen and oxygen atoms in total. The molecule has 0 amide bonds. The van der Waals surface area contributed by atoms with Gasteiger partial charge in [-0.05, 0) is 41.0 Å². The molecule has 1 fully saturated rings. The van der Waals surface area contributed by atoms with E-state index in [0.717, 1.165) is 34.7 Å². The van der Waals surface area contributed by atoms with Gasteiger partial charge in [-0.15, -0.1) is 0 Å². The highest BCUT2D eigenvalue weighted by molar-refractivity contribution is 6.31. The predicted molar refractivity (Wildman–Crippen MR) is 113 cm³/mol. The van der Waals surface area contributed by atoms with E-state index in [0.29, 0.717) is 29.4 Å². The lowest BCUT2D eigenvalue weighted by Crippen LogP contribution is -2.48. The van der Waals surface area contributed by atoms with E-state index in [1.54, 1.807) is 18.2 Å². The molecule has 1 aliphatic rings. The number of hydrogen-bond donors (Lipinski definition) is 2. The third-order valence-electron chi connectivity index (χ3n) is 5.79. The van der Waals surface area contributed by atoms with Gasteiger partial charge in [-0.1, -0.05) is 35.9 Å². The average Bonchev–Trinajstić information content (AvgIpc) is 3.15. The van der Waals surface area contributed by atoms with Crippen LogP contribution in [0, 0.1) is 0 Å². The zero-order valence-electron chi connectivity index (χ0n) is 16.6. The van der Waals surface area contributed by atoms with E-state index in [1.165, 1.54) is 0 Å². The lowest BCUT2D eigenvalue weighted by Gasteiger charge is -2.40. The largest absolute Gasteiger partial charge is 0.433 e. The van der Waals surface area contributed by atoms with E-state index < -0.39 is 23.9 Å². The first kappa shape index (κ1) is 20.9. The lowest BCUT2D eigenvalue weighted by molar-refractivity contribution is -0.141. The van der Waals surface area contributed by atoms with Crippen molar-refractivity contribution in [2.24, 2.45) is 0 Å². The van der Waals surface area contributed by atoms with E-state index in [2.05, 4.69) is 9.97 Å². The molecule has 2 aromatic heterocycles. The van der Waals surface area contributed by atoms with Crippen LogP contribution in [0.4, 0.5) is 13.2 Å². The van der Waals surface area contributed by atoms with Crippen LogP contribution < -0.4 is 0 Å². The summed E-state index contributed by atoms with van der Waals surface area (Å²) in [7, 11) is 0. The Balaban J connectivity index is 1.51. The number of pyridine rings is 1. The number of aliphatic hydroxyl groups is 1. The third-order valence-corrected chi connectivity index (χ3v) is 6.03. The normalized spacial score (nSPS) is 15.7. The highest BCUT2D eigenvalue weighted by Crippen LogP contribution is 2.40. The molecule has 1 saturated heterocycles. The van der Waals surface area contributed by atoms with Crippen molar-refractivity contribution in [3.05, 3.63) is 82.4 Å². The van der Waals surface area contributed by atoms with Gasteiger partial charge in [-0.25, -0.2) is 4.98 Å². The first-order valence-electron chi connectivity index (χ1n) is 9.81. The van der Waals surface area contributed by atoms with E-state index in [4.69, 9.17) is 21.3 Å². The van der Waals surface area contributed by atoms with Gasteiger partial charge in [0.15, 0.2) is 0 Å². The van der Waals surface area contributed by atoms with Crippen LogP contribution >= 0.6 is 11.6 Å². The van der Waals surface area contributed by atoms with Crippen LogP contribution in [-0.4, -0.2) is 33.3 Å². The van der Waals surface area contributed by atoms with Crippen molar-refractivity contribution < 1.29 is 23.0 Å². The van der Waals surface area contributed by atoms with Gasteiger partial charge in [0, 0.05) is 16.8 Å². The number of rotatable bonds is 4. The van der Waals surface area contributed by atoms with Gasteiger partial charge < -0.3 is 14.8 Å². The van der Waals surface area contributed by atoms with Crippen LogP contribution in [0.15, 0.2) is 54.7 Å². The van der Waals surface area contributed by atoms with Crippen molar-refractivity contribution in [1.29, 1.82) is 0 Å². The SMILES string of the molecule is OCc1cc(C(F)(F)F)ncc1-c1ccc(C2(c3nc4ccc(Cl)cc4[nH]3)COC2)cc1. The van der Waals surface area contributed by atoms with Crippen molar-refractivity contribution >= 4 is 22.6 Å². The maximum atomic E-state index is 13.0. The van der Waals surface area contributed by atoms with Gasteiger partial charge in [-0.3, -0.25) is 4.98 Å². The first-order chi connectivity index (χ1) is 15.3. The Morgan fingerprint density at radius 2 is 1.84 bits per heavy atom. The molecular weight excluding hydrogens is 443 g/mol. The fourth-order valence-corrected chi connectivity index (χ4v) is 4.14. The van der Waals surface area contributed by atoms with Gasteiger partial charge in [0.1, 0.15) is 11.5 Å². The summed E-state index contributed by atoms with van der Waals surface area (Å²) >= 11 is 6.08. The lowest BCUT2D eigenvalue weighted by atomic mass is 9.77. The highest BCUT2D eigenvalue weighted by Gasteiger charge is 2.45. The molecule has 1 aliphatic heterocycles. The van der Waals surface area contributed by atoms with Crippen LogP contribution in [0.1, 0.15) is 22.6 Å². The molecular formula is C23H17ClF3N3O2. The second-order valence-electron chi connectivity index (χ2n) is 7.78. The van der Waals surface area contributed by atoms with E-state index in [1.807, 2.05) is 24.3 Å². The Hall–Kier alpha value is -2.94. The molecule has 0 atom stereocenters. The van der Waals surface area contributed by atoms with Crippen LogP contribution in [0.5, 0.6) is 0 Å². The standard InChI is InChI=1S/C23H17ClF3N3O2/c24-16-5-6-18-19(8-16)30-21(29-18)22(11-32-12-22)15-3-1-13(2-4-15)17-9-28-20(23(25,26)27)7-14(17)10-31/h1-9,31H,10-12H2,(H,29,30). The van der Waals surface area contributed by atoms with Crippen molar-refractivity contribution in [2.45, 2.75) is 18.2 Å². The van der Waals surface area contributed by atoms with Crippen LogP contribution in [0.25, 0.3) is 22.2 Å². The number of H-pyrrole nitrogens is 1. The molecule has 9 heteroatoms. The molecule has 0 unspecified atom stereocenters. The fraction of sp³-hybridized carbons (Fsp3) is 0.217. The number of halogens is 4. The van der Waals surface area contributed by atoms with Crippen LogP contribution in [-0.2, 0) is 22.9 Å². The molecule has 0 bridgehead atoms. The smallest absolute Gasteiger partial charge is 0.392 e.